The molecule has 0 amide bonds. The molecule has 0 aromatic heterocycles. The molecule has 0 radical (unpaired) electrons. The maximum absolute atomic E-state index is 8.78. The highest BCUT2D eigenvalue weighted by molar-refractivity contribution is 4.92. The molecule has 0 bridgehead atoms. The van der Waals surface area contributed by atoms with Crippen LogP contribution in [-0.2, 0) is 0 Å². The lowest BCUT2D eigenvalue weighted by molar-refractivity contribution is 0.183. The van der Waals surface area contributed by atoms with Crippen molar-refractivity contribution in [2.75, 3.05) is 33.3 Å². The topological polar surface area (TPSA) is 35.5 Å². The van der Waals surface area contributed by atoms with Crippen LogP contribution in [0.4, 0.5) is 0 Å². The molecule has 3 nitrogen and oxygen atoms in total. The lowest BCUT2D eigenvalue weighted by Crippen LogP contribution is -2.43. The maximum atomic E-state index is 8.78. The molecule has 3 heteroatoms. The van der Waals surface area contributed by atoms with Gasteiger partial charge in [-0.15, -0.1) is 0 Å². The second-order valence-corrected chi connectivity index (χ2v) is 4.73. The molecule has 0 aromatic rings. The van der Waals surface area contributed by atoms with Gasteiger partial charge in [-0.1, -0.05) is 13.8 Å². The van der Waals surface area contributed by atoms with Crippen molar-refractivity contribution >= 4 is 0 Å². The standard InChI is InChI=1S/C10H22N2O/c1-10(2)4-5-11-9(10)8-12(3)6-7-13/h9,11,13H,4-8H2,1-3H3. The zero-order valence-corrected chi connectivity index (χ0v) is 9.01. The molecule has 0 aliphatic carbocycles. The molecule has 0 saturated carbocycles. The summed E-state index contributed by atoms with van der Waals surface area (Å²) >= 11 is 0. The number of aliphatic hydroxyl groups excluding tert-OH is 1. The van der Waals surface area contributed by atoms with E-state index in [1.165, 1.54) is 6.42 Å². The second-order valence-electron chi connectivity index (χ2n) is 4.73. The van der Waals surface area contributed by atoms with Crippen molar-refractivity contribution in [3.05, 3.63) is 0 Å². The fourth-order valence-electron chi connectivity index (χ4n) is 1.90. The van der Waals surface area contributed by atoms with Gasteiger partial charge in [0.2, 0.25) is 0 Å². The second kappa shape index (κ2) is 4.40. The molecule has 78 valence electrons. The van der Waals surface area contributed by atoms with Crippen LogP contribution in [0.25, 0.3) is 0 Å². The van der Waals surface area contributed by atoms with Gasteiger partial charge in [-0.05, 0) is 25.4 Å². The molecule has 13 heavy (non-hydrogen) atoms. The minimum atomic E-state index is 0.254. The average Bonchev–Trinajstić information content (AvgIpc) is 2.31. The number of aliphatic hydroxyl groups is 1. The highest BCUT2D eigenvalue weighted by Crippen LogP contribution is 2.29. The van der Waals surface area contributed by atoms with Crippen LogP contribution >= 0.6 is 0 Å². The van der Waals surface area contributed by atoms with Gasteiger partial charge < -0.3 is 15.3 Å². The van der Waals surface area contributed by atoms with Crippen molar-refractivity contribution in [1.82, 2.24) is 10.2 Å². The summed E-state index contributed by atoms with van der Waals surface area (Å²) in [5, 5.41) is 12.3. The van der Waals surface area contributed by atoms with E-state index in [1.54, 1.807) is 0 Å². The third-order valence-corrected chi connectivity index (χ3v) is 3.08. The fourth-order valence-corrected chi connectivity index (χ4v) is 1.90. The van der Waals surface area contributed by atoms with Gasteiger partial charge >= 0.3 is 0 Å². The van der Waals surface area contributed by atoms with Crippen LogP contribution in [0.5, 0.6) is 0 Å². The van der Waals surface area contributed by atoms with Crippen LogP contribution in [0.15, 0.2) is 0 Å². The molecule has 1 unspecified atom stereocenters. The first-order chi connectivity index (χ1) is 6.06. The quantitative estimate of drug-likeness (QED) is 0.663. The highest BCUT2D eigenvalue weighted by Gasteiger charge is 2.34. The molecule has 0 spiro atoms. The van der Waals surface area contributed by atoms with Gasteiger partial charge in [-0.2, -0.15) is 0 Å². The molecule has 1 atom stereocenters. The molecule has 0 aromatic carbocycles. The van der Waals surface area contributed by atoms with Crippen LogP contribution in [0.1, 0.15) is 20.3 Å². The van der Waals surface area contributed by atoms with E-state index < -0.39 is 0 Å². The molecule has 1 aliphatic rings. The van der Waals surface area contributed by atoms with E-state index in [4.69, 9.17) is 5.11 Å². The van der Waals surface area contributed by atoms with Gasteiger partial charge in [0, 0.05) is 19.1 Å². The van der Waals surface area contributed by atoms with Crippen LogP contribution in [-0.4, -0.2) is 49.3 Å². The number of likely N-dealkylation sites (N-methyl/N-ethyl adjacent to an activating group) is 1. The van der Waals surface area contributed by atoms with Crippen molar-refractivity contribution in [2.24, 2.45) is 5.41 Å². The van der Waals surface area contributed by atoms with E-state index in [-0.39, 0.29) is 6.61 Å². The summed E-state index contributed by atoms with van der Waals surface area (Å²) in [5.74, 6) is 0. The van der Waals surface area contributed by atoms with Crippen LogP contribution in [0, 0.1) is 5.41 Å². The lowest BCUT2D eigenvalue weighted by atomic mass is 9.85. The molecule has 1 rings (SSSR count). The third kappa shape index (κ3) is 2.93. The summed E-state index contributed by atoms with van der Waals surface area (Å²) < 4.78 is 0. The van der Waals surface area contributed by atoms with Gasteiger partial charge in [0.1, 0.15) is 0 Å². The van der Waals surface area contributed by atoms with E-state index in [2.05, 4.69) is 31.1 Å². The summed E-state index contributed by atoms with van der Waals surface area (Å²) in [4.78, 5) is 2.19. The van der Waals surface area contributed by atoms with Gasteiger partial charge in [0.15, 0.2) is 0 Å². The van der Waals surface area contributed by atoms with E-state index in [0.29, 0.717) is 11.5 Å². The van der Waals surface area contributed by atoms with Crippen molar-refractivity contribution in [3.8, 4) is 0 Å². The average molecular weight is 186 g/mol. The number of rotatable bonds is 4. The Kier molecular flexibility index (Phi) is 3.71. The van der Waals surface area contributed by atoms with E-state index >= 15 is 0 Å². The van der Waals surface area contributed by atoms with Crippen molar-refractivity contribution in [2.45, 2.75) is 26.3 Å². The normalized spacial score (nSPS) is 27.0. The lowest BCUT2D eigenvalue weighted by Gasteiger charge is -2.30. The summed E-state index contributed by atoms with van der Waals surface area (Å²) in [6, 6.07) is 0.573. The van der Waals surface area contributed by atoms with Crippen molar-refractivity contribution < 1.29 is 5.11 Å². The first-order valence-electron chi connectivity index (χ1n) is 5.09. The smallest absolute Gasteiger partial charge is 0.0558 e. The SMILES string of the molecule is CN(CCO)CC1NCCC1(C)C. The Morgan fingerprint density at radius 3 is 2.69 bits per heavy atom. The Balaban J connectivity index is 2.35. The maximum Gasteiger partial charge on any atom is 0.0558 e. The largest absolute Gasteiger partial charge is 0.395 e. The Morgan fingerprint density at radius 2 is 2.23 bits per heavy atom. The van der Waals surface area contributed by atoms with Gasteiger partial charge in [0.25, 0.3) is 0 Å². The van der Waals surface area contributed by atoms with E-state index in [9.17, 15) is 0 Å². The summed E-state index contributed by atoms with van der Waals surface area (Å²) in [5.41, 5.74) is 0.406. The minimum absolute atomic E-state index is 0.254. The molecule has 1 saturated heterocycles. The first-order valence-corrected chi connectivity index (χ1v) is 5.09. The Morgan fingerprint density at radius 1 is 1.54 bits per heavy atom. The summed E-state index contributed by atoms with van der Waals surface area (Å²) in [6.45, 7) is 7.81. The van der Waals surface area contributed by atoms with Gasteiger partial charge in [0.05, 0.1) is 6.61 Å². The van der Waals surface area contributed by atoms with Crippen LogP contribution in [0.2, 0.25) is 0 Å². The predicted molar refractivity (Wildman–Crippen MR) is 54.8 cm³/mol. The Labute approximate surface area is 81.1 Å². The first kappa shape index (κ1) is 11.0. The molecule has 1 heterocycles. The van der Waals surface area contributed by atoms with Gasteiger partial charge in [-0.25, -0.2) is 0 Å². The molecule has 2 N–H and O–H groups in total. The fraction of sp³-hybridized carbons (Fsp3) is 1.00. The number of nitrogens with zero attached hydrogens (tertiary/aromatic N) is 1. The number of hydrogen-bond acceptors (Lipinski definition) is 3. The number of nitrogens with one attached hydrogen (secondary N) is 1. The predicted octanol–water partition coefficient (Wildman–Crippen LogP) is 0.299. The Bertz CT molecular complexity index is 159. The third-order valence-electron chi connectivity index (χ3n) is 3.08. The molecule has 1 aliphatic heterocycles. The minimum Gasteiger partial charge on any atom is -0.395 e. The zero-order chi connectivity index (χ0) is 9.90. The van der Waals surface area contributed by atoms with Crippen molar-refractivity contribution in [3.63, 3.8) is 0 Å². The summed E-state index contributed by atoms with van der Waals surface area (Å²) in [7, 11) is 2.06. The van der Waals surface area contributed by atoms with Gasteiger partial charge in [-0.3, -0.25) is 0 Å². The van der Waals surface area contributed by atoms with Crippen LogP contribution < -0.4 is 5.32 Å². The number of hydrogen-bond donors (Lipinski definition) is 2. The van der Waals surface area contributed by atoms with Crippen molar-refractivity contribution in [1.29, 1.82) is 0 Å². The van der Waals surface area contributed by atoms with E-state index in [0.717, 1.165) is 19.6 Å². The summed E-state index contributed by atoms with van der Waals surface area (Å²) in [6.07, 6.45) is 1.25. The van der Waals surface area contributed by atoms with Crippen LogP contribution in [0.3, 0.4) is 0 Å². The molecule has 1 fully saturated rings. The Hall–Kier alpha value is -0.120. The van der Waals surface area contributed by atoms with E-state index in [1.807, 2.05) is 0 Å². The molecular weight excluding hydrogens is 164 g/mol. The monoisotopic (exact) mass is 186 g/mol. The highest BCUT2D eigenvalue weighted by atomic mass is 16.3. The zero-order valence-electron chi connectivity index (χ0n) is 9.01. The molecular formula is C10H22N2O.